The molecule has 4 heteroatoms. The predicted octanol–water partition coefficient (Wildman–Crippen LogP) is 1.12. The molecule has 0 fully saturated rings. The van der Waals surface area contributed by atoms with Crippen LogP contribution >= 0.6 is 0 Å². The second kappa shape index (κ2) is 3.89. The number of hydrogen-bond acceptors (Lipinski definition) is 2. The van der Waals surface area contributed by atoms with E-state index in [0.717, 1.165) is 29.9 Å². The van der Waals surface area contributed by atoms with Crippen molar-refractivity contribution in [1.29, 1.82) is 0 Å². The summed E-state index contributed by atoms with van der Waals surface area (Å²) in [5.74, 6) is 0. The summed E-state index contributed by atoms with van der Waals surface area (Å²) in [6.07, 6.45) is 0.891. The van der Waals surface area contributed by atoms with Gasteiger partial charge >= 0.3 is 0 Å². The molecule has 3 rings (SSSR count). The number of fused-ring (bicyclic) bond motifs is 1. The van der Waals surface area contributed by atoms with Crippen LogP contribution in [0.4, 0.5) is 0 Å². The van der Waals surface area contributed by atoms with Gasteiger partial charge < -0.3 is 5.32 Å². The molecule has 4 nitrogen and oxygen atoms in total. The van der Waals surface area contributed by atoms with Gasteiger partial charge in [-0.15, -0.1) is 0 Å². The van der Waals surface area contributed by atoms with Gasteiger partial charge in [0.1, 0.15) is 0 Å². The third-order valence-corrected chi connectivity index (χ3v) is 3.24. The number of benzene rings is 1. The fourth-order valence-corrected chi connectivity index (χ4v) is 2.28. The molecule has 17 heavy (non-hydrogen) atoms. The molecular formula is C13H15N3O. The van der Waals surface area contributed by atoms with Gasteiger partial charge in [-0.3, -0.25) is 14.6 Å². The zero-order valence-electron chi connectivity index (χ0n) is 9.79. The number of H-pyrrole nitrogens is 1. The molecular weight excluding hydrogens is 214 g/mol. The van der Waals surface area contributed by atoms with Crippen molar-refractivity contribution in [3.05, 3.63) is 51.4 Å². The van der Waals surface area contributed by atoms with E-state index in [1.807, 2.05) is 16.8 Å². The number of aromatic amines is 1. The van der Waals surface area contributed by atoms with Crippen molar-refractivity contribution in [3.63, 3.8) is 0 Å². The molecule has 0 amide bonds. The van der Waals surface area contributed by atoms with Crippen LogP contribution in [0.15, 0.2) is 29.1 Å². The lowest BCUT2D eigenvalue weighted by Gasteiger charge is -2.15. The number of aryl methyl sites for hydroxylation is 1. The minimum Gasteiger partial charge on any atom is -0.312 e. The highest BCUT2D eigenvalue weighted by Gasteiger charge is 2.18. The Morgan fingerprint density at radius 3 is 2.76 bits per heavy atom. The summed E-state index contributed by atoms with van der Waals surface area (Å²) in [4.78, 5) is 11.8. The maximum atomic E-state index is 11.8. The highest BCUT2D eigenvalue weighted by molar-refractivity contribution is 5.37. The van der Waals surface area contributed by atoms with Crippen molar-refractivity contribution in [1.82, 2.24) is 15.1 Å². The Balaban J connectivity index is 2.15. The summed E-state index contributed by atoms with van der Waals surface area (Å²) in [5, 5.41) is 6.13. The number of hydrogen-bond donors (Lipinski definition) is 2. The highest BCUT2D eigenvalue weighted by atomic mass is 16.1. The van der Waals surface area contributed by atoms with Crippen LogP contribution in [0.3, 0.4) is 0 Å². The Hall–Kier alpha value is -1.81. The fraction of sp³-hybridized carbons (Fsp3) is 0.308. The molecule has 2 heterocycles. The SMILES string of the molecule is Cc1ccc(-n2[nH]c(=O)c3c2CCNC3)cc1. The smallest absolute Gasteiger partial charge is 0.269 e. The van der Waals surface area contributed by atoms with Gasteiger partial charge in [-0.2, -0.15) is 0 Å². The second-order valence-corrected chi connectivity index (χ2v) is 4.46. The minimum absolute atomic E-state index is 0.0211. The van der Waals surface area contributed by atoms with Crippen molar-refractivity contribution in [2.75, 3.05) is 6.54 Å². The zero-order chi connectivity index (χ0) is 11.8. The standard InChI is InChI=1S/C13H15N3O/c1-9-2-4-10(5-3-9)16-12-6-7-14-8-11(12)13(17)15-16/h2-5,14H,6-8H2,1H3,(H,15,17). The van der Waals surface area contributed by atoms with Crippen molar-refractivity contribution >= 4 is 0 Å². The summed E-state index contributed by atoms with van der Waals surface area (Å²) in [6.45, 7) is 3.65. The van der Waals surface area contributed by atoms with Gasteiger partial charge in [0.25, 0.3) is 5.56 Å². The lowest BCUT2D eigenvalue weighted by Crippen LogP contribution is -2.26. The van der Waals surface area contributed by atoms with Crippen LogP contribution in [0.5, 0.6) is 0 Å². The van der Waals surface area contributed by atoms with E-state index in [4.69, 9.17) is 0 Å². The van der Waals surface area contributed by atoms with Crippen LogP contribution in [0.25, 0.3) is 5.69 Å². The molecule has 2 aromatic rings. The quantitative estimate of drug-likeness (QED) is 0.770. The minimum atomic E-state index is 0.0211. The fourth-order valence-electron chi connectivity index (χ4n) is 2.28. The lowest BCUT2D eigenvalue weighted by atomic mass is 10.1. The van der Waals surface area contributed by atoms with Gasteiger partial charge in [0.15, 0.2) is 0 Å². The van der Waals surface area contributed by atoms with Crippen LogP contribution in [-0.2, 0) is 13.0 Å². The maximum Gasteiger partial charge on any atom is 0.269 e. The Morgan fingerprint density at radius 1 is 1.24 bits per heavy atom. The highest BCUT2D eigenvalue weighted by Crippen LogP contribution is 2.15. The number of nitrogens with zero attached hydrogens (tertiary/aromatic N) is 1. The van der Waals surface area contributed by atoms with Gasteiger partial charge in [-0.25, -0.2) is 0 Å². The summed E-state index contributed by atoms with van der Waals surface area (Å²) in [7, 11) is 0. The summed E-state index contributed by atoms with van der Waals surface area (Å²) < 4.78 is 1.91. The molecule has 1 aliphatic rings. The van der Waals surface area contributed by atoms with Crippen molar-refractivity contribution in [3.8, 4) is 5.69 Å². The van der Waals surface area contributed by atoms with Gasteiger partial charge in [0.05, 0.1) is 16.9 Å². The van der Waals surface area contributed by atoms with E-state index in [9.17, 15) is 4.79 Å². The zero-order valence-corrected chi connectivity index (χ0v) is 9.79. The van der Waals surface area contributed by atoms with Crippen molar-refractivity contribution in [2.45, 2.75) is 19.9 Å². The van der Waals surface area contributed by atoms with E-state index in [1.165, 1.54) is 5.56 Å². The molecule has 88 valence electrons. The molecule has 1 aromatic carbocycles. The third kappa shape index (κ3) is 1.70. The maximum absolute atomic E-state index is 11.8. The normalized spacial score (nSPS) is 14.6. The van der Waals surface area contributed by atoms with Gasteiger partial charge in [-0.05, 0) is 19.1 Å². The second-order valence-electron chi connectivity index (χ2n) is 4.46. The van der Waals surface area contributed by atoms with Gasteiger partial charge in [0, 0.05) is 19.5 Å². The molecule has 1 aliphatic heterocycles. The first-order valence-electron chi connectivity index (χ1n) is 5.86. The average molecular weight is 229 g/mol. The molecule has 2 N–H and O–H groups in total. The van der Waals surface area contributed by atoms with E-state index in [1.54, 1.807) is 0 Å². The Labute approximate surface area is 99.3 Å². The Bertz CT molecular complexity index is 592. The topological polar surface area (TPSA) is 49.8 Å². The van der Waals surface area contributed by atoms with E-state index in [-0.39, 0.29) is 5.56 Å². The largest absolute Gasteiger partial charge is 0.312 e. The summed E-state index contributed by atoms with van der Waals surface area (Å²) >= 11 is 0. The first-order valence-corrected chi connectivity index (χ1v) is 5.86. The molecule has 0 unspecified atom stereocenters. The molecule has 0 atom stereocenters. The molecule has 0 saturated carbocycles. The van der Waals surface area contributed by atoms with Crippen LogP contribution in [-0.4, -0.2) is 16.3 Å². The predicted molar refractivity (Wildman–Crippen MR) is 66.5 cm³/mol. The Kier molecular flexibility index (Phi) is 2.37. The van der Waals surface area contributed by atoms with Crippen molar-refractivity contribution < 1.29 is 0 Å². The first kappa shape index (κ1) is 10.4. The van der Waals surface area contributed by atoms with Crippen LogP contribution in [0.1, 0.15) is 16.8 Å². The number of nitrogens with one attached hydrogen (secondary N) is 2. The lowest BCUT2D eigenvalue weighted by molar-refractivity contribution is 0.622. The summed E-state index contributed by atoms with van der Waals surface area (Å²) in [6, 6.07) is 8.18. The third-order valence-electron chi connectivity index (χ3n) is 3.24. The molecule has 0 bridgehead atoms. The van der Waals surface area contributed by atoms with Crippen LogP contribution in [0.2, 0.25) is 0 Å². The summed E-state index contributed by atoms with van der Waals surface area (Å²) in [5.41, 5.74) is 4.25. The monoisotopic (exact) mass is 229 g/mol. The van der Waals surface area contributed by atoms with Gasteiger partial charge in [-0.1, -0.05) is 17.7 Å². The Morgan fingerprint density at radius 2 is 2.00 bits per heavy atom. The number of aromatic nitrogens is 2. The first-order chi connectivity index (χ1) is 8.25. The number of rotatable bonds is 1. The molecule has 0 saturated heterocycles. The van der Waals surface area contributed by atoms with E-state index in [2.05, 4.69) is 29.5 Å². The van der Waals surface area contributed by atoms with Crippen LogP contribution in [0, 0.1) is 6.92 Å². The molecule has 0 aliphatic carbocycles. The average Bonchev–Trinajstić information content (AvgIpc) is 2.69. The molecule has 0 radical (unpaired) electrons. The molecule has 1 aromatic heterocycles. The molecule has 0 spiro atoms. The van der Waals surface area contributed by atoms with Gasteiger partial charge in [0.2, 0.25) is 0 Å². The van der Waals surface area contributed by atoms with E-state index >= 15 is 0 Å². The van der Waals surface area contributed by atoms with E-state index in [0.29, 0.717) is 6.54 Å². The van der Waals surface area contributed by atoms with Crippen molar-refractivity contribution in [2.24, 2.45) is 0 Å². The van der Waals surface area contributed by atoms with E-state index < -0.39 is 0 Å². The van der Waals surface area contributed by atoms with Crippen LogP contribution < -0.4 is 10.9 Å².